The number of ether oxygens (including phenoxy) is 4. The molecule has 0 radical (unpaired) electrons. The molecule has 0 bridgehead atoms. The van der Waals surface area contributed by atoms with Gasteiger partial charge in [-0.1, -0.05) is 49.6 Å². The van der Waals surface area contributed by atoms with Crippen LogP contribution in [0.25, 0.3) is 0 Å². The molecular formula is C35H55NO7. The van der Waals surface area contributed by atoms with Gasteiger partial charge in [0.2, 0.25) is 5.60 Å². The molecule has 0 aromatic rings. The Bertz CT molecular complexity index is 1110. The first kappa shape index (κ1) is 33.7. The first-order chi connectivity index (χ1) is 20.3. The maximum atomic E-state index is 12.1. The van der Waals surface area contributed by atoms with Crippen LogP contribution in [-0.4, -0.2) is 55.0 Å². The zero-order valence-electron chi connectivity index (χ0n) is 27.8. The van der Waals surface area contributed by atoms with E-state index >= 15 is 0 Å². The summed E-state index contributed by atoms with van der Waals surface area (Å²) in [7, 11) is 1.67. The Morgan fingerprint density at radius 3 is 2.56 bits per heavy atom. The molecule has 0 saturated heterocycles. The number of rotatable bonds is 11. The van der Waals surface area contributed by atoms with Crippen LogP contribution in [0.3, 0.4) is 0 Å². The minimum atomic E-state index is -0.852. The van der Waals surface area contributed by atoms with Crippen LogP contribution in [0.1, 0.15) is 119 Å². The van der Waals surface area contributed by atoms with E-state index in [1.807, 2.05) is 6.92 Å². The number of oxime groups is 1. The first-order valence-corrected chi connectivity index (χ1v) is 16.4. The average Bonchev–Trinajstić information content (AvgIpc) is 3.48. The Labute approximate surface area is 258 Å². The highest BCUT2D eigenvalue weighted by Gasteiger charge is 2.55. The van der Waals surface area contributed by atoms with Gasteiger partial charge >= 0.3 is 11.9 Å². The molecule has 242 valence electrons. The molecule has 0 N–H and O–H groups in total. The van der Waals surface area contributed by atoms with Crippen molar-refractivity contribution in [3.05, 3.63) is 23.3 Å². The Balaban J connectivity index is 1.53. The van der Waals surface area contributed by atoms with E-state index in [1.165, 1.54) is 51.5 Å². The van der Waals surface area contributed by atoms with Gasteiger partial charge in [0.1, 0.15) is 12.9 Å². The van der Waals surface area contributed by atoms with Gasteiger partial charge in [0.05, 0.1) is 11.3 Å². The van der Waals surface area contributed by atoms with Gasteiger partial charge in [-0.25, -0.2) is 0 Å². The number of carbonyl (C=O) groups is 2. The predicted octanol–water partition coefficient (Wildman–Crippen LogP) is 7.45. The SMILES string of the molecule is COCOC(C)(C)CCC[C@@H](C)C1CC[C@H]2/C(=C/C=C3/C[C@@H](OC(C)=O)C[C@H](OC(C)=O)C34CC(C)=NO4)CCC[C@]12C. The van der Waals surface area contributed by atoms with E-state index in [1.54, 1.807) is 7.11 Å². The van der Waals surface area contributed by atoms with E-state index in [2.05, 4.69) is 45.0 Å². The Morgan fingerprint density at radius 2 is 1.91 bits per heavy atom. The van der Waals surface area contributed by atoms with Crippen LogP contribution in [-0.2, 0) is 33.4 Å². The van der Waals surface area contributed by atoms with Crippen molar-refractivity contribution in [1.29, 1.82) is 0 Å². The summed E-state index contributed by atoms with van der Waals surface area (Å²) in [5.74, 6) is 1.21. The van der Waals surface area contributed by atoms with Crippen molar-refractivity contribution in [2.45, 2.75) is 143 Å². The lowest BCUT2D eigenvalue weighted by Crippen LogP contribution is -2.52. The molecule has 0 aromatic heterocycles. The Kier molecular flexibility index (Phi) is 10.9. The van der Waals surface area contributed by atoms with Gasteiger partial charge < -0.3 is 23.8 Å². The van der Waals surface area contributed by atoms with Gasteiger partial charge in [-0.2, -0.15) is 0 Å². The van der Waals surface area contributed by atoms with E-state index in [-0.39, 0.29) is 23.6 Å². The predicted molar refractivity (Wildman–Crippen MR) is 166 cm³/mol. The second kappa shape index (κ2) is 13.8. The number of esters is 2. The molecule has 1 spiro atoms. The van der Waals surface area contributed by atoms with Crippen LogP contribution in [0, 0.1) is 23.2 Å². The van der Waals surface area contributed by atoms with Crippen molar-refractivity contribution in [3.63, 3.8) is 0 Å². The lowest BCUT2D eigenvalue weighted by atomic mass is 9.60. The highest BCUT2D eigenvalue weighted by Crippen LogP contribution is 2.60. The molecule has 43 heavy (non-hydrogen) atoms. The highest BCUT2D eigenvalue weighted by atomic mass is 16.7. The van der Waals surface area contributed by atoms with E-state index < -0.39 is 11.7 Å². The van der Waals surface area contributed by atoms with E-state index in [4.69, 9.17) is 23.8 Å². The summed E-state index contributed by atoms with van der Waals surface area (Å²) in [6, 6.07) is 0. The third-order valence-corrected chi connectivity index (χ3v) is 10.7. The minimum Gasteiger partial charge on any atom is -0.462 e. The van der Waals surface area contributed by atoms with Crippen LogP contribution in [0.5, 0.6) is 0 Å². The summed E-state index contributed by atoms with van der Waals surface area (Å²) in [5, 5.41) is 4.29. The number of nitrogens with zero attached hydrogens (tertiary/aromatic N) is 1. The Morgan fingerprint density at radius 1 is 1.16 bits per heavy atom. The average molecular weight is 602 g/mol. The van der Waals surface area contributed by atoms with Crippen LogP contribution < -0.4 is 0 Å². The molecule has 1 heterocycles. The fourth-order valence-electron chi connectivity index (χ4n) is 8.73. The van der Waals surface area contributed by atoms with Crippen molar-refractivity contribution in [3.8, 4) is 0 Å². The zero-order chi connectivity index (χ0) is 31.4. The highest BCUT2D eigenvalue weighted by molar-refractivity contribution is 5.84. The molecule has 0 amide bonds. The van der Waals surface area contributed by atoms with Crippen molar-refractivity contribution < 1.29 is 33.4 Å². The Hall–Kier alpha value is -2.19. The van der Waals surface area contributed by atoms with Gasteiger partial charge in [-0.05, 0) is 88.0 Å². The normalized spacial score (nSPS) is 35.0. The maximum Gasteiger partial charge on any atom is 0.303 e. The van der Waals surface area contributed by atoms with Crippen LogP contribution in [0.4, 0.5) is 0 Å². The van der Waals surface area contributed by atoms with Crippen LogP contribution in [0.15, 0.2) is 28.5 Å². The van der Waals surface area contributed by atoms with E-state index in [0.29, 0.717) is 49.2 Å². The maximum absolute atomic E-state index is 12.1. The number of hydrogen-bond donors (Lipinski definition) is 0. The van der Waals surface area contributed by atoms with Gasteiger partial charge in [0, 0.05) is 40.2 Å². The summed E-state index contributed by atoms with van der Waals surface area (Å²) in [5.41, 5.74) is 2.63. The lowest BCUT2D eigenvalue weighted by molar-refractivity contribution is -0.176. The molecule has 3 aliphatic carbocycles. The zero-order valence-corrected chi connectivity index (χ0v) is 27.8. The molecule has 8 nitrogen and oxygen atoms in total. The van der Waals surface area contributed by atoms with E-state index in [9.17, 15) is 9.59 Å². The van der Waals surface area contributed by atoms with Gasteiger partial charge in [-0.3, -0.25) is 9.59 Å². The van der Waals surface area contributed by atoms with Crippen LogP contribution >= 0.6 is 0 Å². The summed E-state index contributed by atoms with van der Waals surface area (Å²) in [6.45, 7) is 14.4. The molecule has 4 aliphatic rings. The third kappa shape index (κ3) is 7.73. The number of hydrogen-bond acceptors (Lipinski definition) is 8. The van der Waals surface area contributed by atoms with Crippen LogP contribution in [0.2, 0.25) is 0 Å². The van der Waals surface area contributed by atoms with Gasteiger partial charge in [0.25, 0.3) is 0 Å². The summed E-state index contributed by atoms with van der Waals surface area (Å²) in [6.07, 6.45) is 14.5. The van der Waals surface area contributed by atoms with Crippen molar-refractivity contribution in [2.24, 2.45) is 28.3 Å². The quantitative estimate of drug-likeness (QED) is 0.179. The second-order valence-electron chi connectivity index (χ2n) is 14.5. The number of allylic oxidation sites excluding steroid dienone is 3. The lowest BCUT2D eigenvalue weighted by Gasteiger charge is -2.45. The fraction of sp³-hybridized carbons (Fsp3) is 0.800. The monoisotopic (exact) mass is 601 g/mol. The summed E-state index contributed by atoms with van der Waals surface area (Å²) in [4.78, 5) is 30.1. The molecule has 3 saturated carbocycles. The first-order valence-electron chi connectivity index (χ1n) is 16.4. The van der Waals surface area contributed by atoms with Gasteiger partial charge in [-0.15, -0.1) is 0 Å². The standard InChI is InChI=1S/C35H55NO7/c1-23(11-9-17-33(5,6)40-22-39-8)30-15-16-31-27(12-10-18-34(30,31)7)13-14-28-19-29(41-25(3)37)20-32(42-26(4)38)35(28)21-24(2)36-43-35/h13-14,23,29-32H,9-12,15-22H2,1-8H3/b27-13+,28-14-/t23-,29-,30?,31+,32+,34-,35?/m1/s1. The molecular weight excluding hydrogens is 546 g/mol. The van der Waals surface area contributed by atoms with Crippen molar-refractivity contribution >= 4 is 17.7 Å². The minimum absolute atomic E-state index is 0.169. The molecule has 7 atom stereocenters. The fourth-order valence-corrected chi connectivity index (χ4v) is 8.73. The smallest absolute Gasteiger partial charge is 0.303 e. The molecule has 3 fully saturated rings. The van der Waals surface area contributed by atoms with E-state index in [0.717, 1.165) is 30.5 Å². The van der Waals surface area contributed by atoms with Crippen molar-refractivity contribution in [1.82, 2.24) is 0 Å². The molecule has 1 aliphatic heterocycles. The largest absolute Gasteiger partial charge is 0.462 e. The van der Waals surface area contributed by atoms with Gasteiger partial charge in [0.15, 0.2) is 6.10 Å². The number of carbonyl (C=O) groups excluding carboxylic acids is 2. The van der Waals surface area contributed by atoms with Crippen molar-refractivity contribution in [2.75, 3.05) is 13.9 Å². The molecule has 2 unspecified atom stereocenters. The number of fused-ring (bicyclic) bond motifs is 1. The third-order valence-electron chi connectivity index (χ3n) is 10.7. The summed E-state index contributed by atoms with van der Waals surface area (Å²) >= 11 is 0. The number of methoxy groups -OCH3 is 1. The molecule has 8 heteroatoms. The summed E-state index contributed by atoms with van der Waals surface area (Å²) < 4.78 is 22.4. The second-order valence-corrected chi connectivity index (χ2v) is 14.5. The molecule has 0 aromatic carbocycles. The topological polar surface area (TPSA) is 92.7 Å². The molecule has 4 rings (SSSR count).